The Kier molecular flexibility index (Phi) is 3.54. The summed E-state index contributed by atoms with van der Waals surface area (Å²) in [5.74, 6) is 0. The third kappa shape index (κ3) is 2.72. The molecule has 0 saturated carbocycles. The molecule has 0 saturated heterocycles. The third-order valence-corrected chi connectivity index (χ3v) is 5.46. The van der Waals surface area contributed by atoms with Crippen LogP contribution in [-0.2, 0) is 16.4 Å². The van der Waals surface area contributed by atoms with Crippen LogP contribution in [0.1, 0.15) is 29.3 Å². The Morgan fingerprint density at radius 3 is 2.95 bits per heavy atom. The second kappa shape index (κ2) is 5.20. The Hall–Kier alpha value is -1.37. The molecule has 1 aromatic carbocycles. The predicted octanol–water partition coefficient (Wildman–Crippen LogP) is 2.89. The number of rotatable bonds is 3. The summed E-state index contributed by atoms with van der Waals surface area (Å²) in [6.07, 6.45) is 3.35. The van der Waals surface area contributed by atoms with Gasteiger partial charge in [-0.2, -0.15) is 0 Å². The minimum Gasteiger partial charge on any atom is -0.378 e. The Morgan fingerprint density at radius 2 is 2.15 bits per heavy atom. The molecule has 1 unspecified atom stereocenters. The number of primary sulfonamides is 1. The van der Waals surface area contributed by atoms with Crippen molar-refractivity contribution in [2.75, 3.05) is 5.32 Å². The van der Waals surface area contributed by atoms with Gasteiger partial charge in [0.2, 0.25) is 10.0 Å². The number of hydrogen-bond acceptors (Lipinski definition) is 4. The second-order valence-corrected chi connectivity index (χ2v) is 7.52. The van der Waals surface area contributed by atoms with Gasteiger partial charge < -0.3 is 5.32 Å². The van der Waals surface area contributed by atoms with E-state index in [4.69, 9.17) is 5.14 Å². The molecule has 0 amide bonds. The van der Waals surface area contributed by atoms with Gasteiger partial charge in [-0.3, -0.25) is 0 Å². The fourth-order valence-electron chi connectivity index (χ4n) is 2.60. The Labute approximate surface area is 122 Å². The lowest BCUT2D eigenvalue weighted by Gasteiger charge is -2.24. The van der Waals surface area contributed by atoms with Crippen LogP contribution in [0.4, 0.5) is 5.69 Å². The summed E-state index contributed by atoms with van der Waals surface area (Å²) in [6, 6.07) is 9.09. The van der Waals surface area contributed by atoms with Gasteiger partial charge in [0.25, 0.3) is 0 Å². The maximum Gasteiger partial charge on any atom is 0.238 e. The number of anilines is 1. The molecule has 20 heavy (non-hydrogen) atoms. The molecular weight excluding hydrogens is 292 g/mol. The Bertz CT molecular complexity index is 722. The molecule has 1 aliphatic carbocycles. The maximum atomic E-state index is 11.4. The van der Waals surface area contributed by atoms with E-state index in [1.807, 2.05) is 6.07 Å². The zero-order chi connectivity index (χ0) is 14.2. The topological polar surface area (TPSA) is 72.2 Å². The van der Waals surface area contributed by atoms with Crippen LogP contribution in [0.2, 0.25) is 0 Å². The number of thiophene rings is 1. The largest absolute Gasteiger partial charge is 0.378 e. The van der Waals surface area contributed by atoms with Gasteiger partial charge in [0.05, 0.1) is 10.9 Å². The highest BCUT2D eigenvalue weighted by Crippen LogP contribution is 2.35. The molecule has 106 valence electrons. The van der Waals surface area contributed by atoms with E-state index in [0.717, 1.165) is 24.9 Å². The van der Waals surface area contributed by atoms with Crippen molar-refractivity contribution in [1.29, 1.82) is 0 Å². The number of benzene rings is 1. The minimum atomic E-state index is -3.65. The summed E-state index contributed by atoms with van der Waals surface area (Å²) in [5.41, 5.74) is 2.13. The van der Waals surface area contributed by atoms with Gasteiger partial charge >= 0.3 is 0 Å². The van der Waals surface area contributed by atoms with Crippen molar-refractivity contribution < 1.29 is 8.42 Å². The van der Waals surface area contributed by atoms with Gasteiger partial charge in [0, 0.05) is 10.6 Å². The maximum absolute atomic E-state index is 11.4. The van der Waals surface area contributed by atoms with Crippen LogP contribution < -0.4 is 10.5 Å². The van der Waals surface area contributed by atoms with Gasteiger partial charge in [0.15, 0.2) is 0 Å². The third-order valence-electron chi connectivity index (χ3n) is 3.56. The molecule has 1 atom stereocenters. The van der Waals surface area contributed by atoms with Gasteiger partial charge in [-0.25, -0.2) is 13.6 Å². The first-order valence-corrected chi connectivity index (χ1v) is 8.92. The van der Waals surface area contributed by atoms with Crippen LogP contribution >= 0.6 is 11.3 Å². The Balaban J connectivity index is 1.87. The molecule has 1 heterocycles. The van der Waals surface area contributed by atoms with Crippen LogP contribution in [0.25, 0.3) is 0 Å². The molecule has 6 heteroatoms. The zero-order valence-electron chi connectivity index (χ0n) is 10.9. The summed E-state index contributed by atoms with van der Waals surface area (Å²) < 4.78 is 22.8. The average Bonchev–Trinajstić information content (AvgIpc) is 2.87. The lowest BCUT2D eigenvalue weighted by atomic mass is 9.94. The highest BCUT2D eigenvalue weighted by Gasteiger charge is 2.21. The van der Waals surface area contributed by atoms with E-state index >= 15 is 0 Å². The van der Waals surface area contributed by atoms with E-state index in [9.17, 15) is 8.42 Å². The molecular formula is C14H16N2O2S2. The Morgan fingerprint density at radius 1 is 1.30 bits per heavy atom. The normalized spacial score (nSPS) is 18.6. The van der Waals surface area contributed by atoms with Crippen molar-refractivity contribution in [3.8, 4) is 0 Å². The van der Waals surface area contributed by atoms with Gasteiger partial charge in [-0.15, -0.1) is 11.3 Å². The quantitative estimate of drug-likeness (QED) is 0.915. The standard InChI is InChI=1S/C14H16N2O2S2/c15-20(17,18)11-4-1-3-10(9-11)16-13-5-2-6-14-12(13)7-8-19-14/h1,3-4,7-9,13,16H,2,5-6H2,(H2,15,17,18). The van der Waals surface area contributed by atoms with Crippen molar-refractivity contribution in [3.05, 3.63) is 46.2 Å². The van der Waals surface area contributed by atoms with E-state index in [2.05, 4.69) is 16.8 Å². The molecule has 4 nitrogen and oxygen atoms in total. The lowest BCUT2D eigenvalue weighted by molar-refractivity contribution is 0.597. The summed E-state index contributed by atoms with van der Waals surface area (Å²) in [6.45, 7) is 0. The van der Waals surface area contributed by atoms with Crippen LogP contribution in [0, 0.1) is 0 Å². The van der Waals surface area contributed by atoms with E-state index < -0.39 is 10.0 Å². The molecule has 0 bridgehead atoms. The van der Waals surface area contributed by atoms with Crippen molar-refractivity contribution in [1.82, 2.24) is 0 Å². The highest BCUT2D eigenvalue weighted by atomic mass is 32.2. The first kappa shape index (κ1) is 13.6. The number of aryl methyl sites for hydroxylation is 1. The minimum absolute atomic E-state index is 0.142. The van der Waals surface area contributed by atoms with Gasteiger partial charge in [-0.1, -0.05) is 6.07 Å². The number of sulfonamides is 1. The number of nitrogens with two attached hydrogens (primary N) is 1. The van der Waals surface area contributed by atoms with E-state index in [1.165, 1.54) is 16.5 Å². The molecule has 3 rings (SSSR count). The molecule has 1 aromatic heterocycles. The molecule has 3 N–H and O–H groups in total. The monoisotopic (exact) mass is 308 g/mol. The number of nitrogens with one attached hydrogen (secondary N) is 1. The van der Waals surface area contributed by atoms with E-state index in [1.54, 1.807) is 23.5 Å². The summed E-state index contributed by atoms with van der Waals surface area (Å²) in [5, 5.41) is 10.7. The highest BCUT2D eigenvalue weighted by molar-refractivity contribution is 7.89. The smallest absolute Gasteiger partial charge is 0.238 e. The predicted molar refractivity (Wildman–Crippen MR) is 81.4 cm³/mol. The number of fused-ring (bicyclic) bond motifs is 1. The summed E-state index contributed by atoms with van der Waals surface area (Å²) >= 11 is 1.79. The van der Waals surface area contributed by atoms with Gasteiger partial charge in [-0.05, 0) is 54.5 Å². The molecule has 0 radical (unpaired) electrons. The van der Waals surface area contributed by atoms with Crippen LogP contribution in [-0.4, -0.2) is 8.42 Å². The molecule has 0 spiro atoms. The average molecular weight is 308 g/mol. The van der Waals surface area contributed by atoms with Crippen molar-refractivity contribution >= 4 is 27.0 Å². The lowest BCUT2D eigenvalue weighted by Crippen LogP contribution is -2.16. The van der Waals surface area contributed by atoms with Crippen molar-refractivity contribution in [3.63, 3.8) is 0 Å². The van der Waals surface area contributed by atoms with E-state index in [-0.39, 0.29) is 10.9 Å². The molecule has 0 fully saturated rings. The van der Waals surface area contributed by atoms with Crippen LogP contribution in [0.3, 0.4) is 0 Å². The SMILES string of the molecule is NS(=O)(=O)c1cccc(NC2CCCc3sccc32)c1. The summed E-state index contributed by atoms with van der Waals surface area (Å²) in [4.78, 5) is 1.57. The fourth-order valence-corrected chi connectivity index (χ4v) is 4.15. The van der Waals surface area contributed by atoms with Crippen LogP contribution in [0.15, 0.2) is 40.6 Å². The first-order valence-electron chi connectivity index (χ1n) is 6.50. The summed E-state index contributed by atoms with van der Waals surface area (Å²) in [7, 11) is -3.65. The van der Waals surface area contributed by atoms with Crippen molar-refractivity contribution in [2.45, 2.75) is 30.2 Å². The van der Waals surface area contributed by atoms with E-state index in [0.29, 0.717) is 0 Å². The molecule has 1 aliphatic rings. The first-order chi connectivity index (χ1) is 9.54. The molecule has 0 aliphatic heterocycles. The second-order valence-electron chi connectivity index (χ2n) is 4.96. The van der Waals surface area contributed by atoms with Crippen molar-refractivity contribution in [2.24, 2.45) is 5.14 Å². The van der Waals surface area contributed by atoms with Crippen LogP contribution in [0.5, 0.6) is 0 Å². The number of hydrogen-bond donors (Lipinski definition) is 2. The zero-order valence-corrected chi connectivity index (χ0v) is 12.5. The van der Waals surface area contributed by atoms with Gasteiger partial charge in [0.1, 0.15) is 0 Å². The molecule has 2 aromatic rings. The fraction of sp³-hybridized carbons (Fsp3) is 0.286.